The average Bonchev–Trinajstić information content (AvgIpc) is 2.72. The Morgan fingerprint density at radius 3 is 2.57 bits per heavy atom. The topological polar surface area (TPSA) is 101 Å². The van der Waals surface area contributed by atoms with E-state index in [1.807, 2.05) is 19.9 Å². The van der Waals surface area contributed by atoms with Crippen LogP contribution in [0.2, 0.25) is 0 Å². The highest BCUT2D eigenvalue weighted by Crippen LogP contribution is 2.31. The van der Waals surface area contributed by atoms with Crippen molar-refractivity contribution in [3.63, 3.8) is 0 Å². The van der Waals surface area contributed by atoms with Crippen molar-refractivity contribution in [3.8, 4) is 0 Å². The number of fused-ring (bicyclic) bond motifs is 1. The van der Waals surface area contributed by atoms with Crippen LogP contribution in [0.5, 0.6) is 0 Å². The van der Waals surface area contributed by atoms with Gasteiger partial charge in [-0.1, -0.05) is 26.0 Å². The van der Waals surface area contributed by atoms with Gasteiger partial charge in [0.2, 0.25) is 5.91 Å². The molecule has 1 heterocycles. The maximum absolute atomic E-state index is 12.4. The molecule has 6 heteroatoms. The zero-order valence-electron chi connectivity index (χ0n) is 12.0. The Morgan fingerprint density at radius 2 is 2.05 bits per heavy atom. The number of amides is 2. The van der Waals surface area contributed by atoms with Gasteiger partial charge >= 0.3 is 5.97 Å². The van der Waals surface area contributed by atoms with Gasteiger partial charge in [0.15, 0.2) is 0 Å². The van der Waals surface area contributed by atoms with Crippen LogP contribution in [0.1, 0.15) is 47.7 Å². The predicted octanol–water partition coefficient (Wildman–Crippen LogP) is 1.09. The fourth-order valence-electron chi connectivity index (χ4n) is 2.69. The summed E-state index contributed by atoms with van der Waals surface area (Å²) in [7, 11) is 0. The lowest BCUT2D eigenvalue weighted by Gasteiger charge is -2.23. The Bertz CT molecular complexity index is 610. The van der Waals surface area contributed by atoms with Gasteiger partial charge in [-0.2, -0.15) is 0 Å². The summed E-state index contributed by atoms with van der Waals surface area (Å²) in [5.41, 5.74) is 7.46. The van der Waals surface area contributed by atoms with E-state index in [-0.39, 0.29) is 24.8 Å². The third-order valence-corrected chi connectivity index (χ3v) is 3.71. The lowest BCUT2D eigenvalue weighted by atomic mass is 9.95. The summed E-state index contributed by atoms with van der Waals surface area (Å²) in [6, 6.07) is 4.19. The van der Waals surface area contributed by atoms with Gasteiger partial charge in [0.1, 0.15) is 6.04 Å². The summed E-state index contributed by atoms with van der Waals surface area (Å²) in [4.78, 5) is 36.0. The van der Waals surface area contributed by atoms with E-state index < -0.39 is 17.9 Å². The van der Waals surface area contributed by atoms with Gasteiger partial charge in [0, 0.05) is 12.1 Å². The fraction of sp³-hybridized carbons (Fsp3) is 0.400. The first kappa shape index (κ1) is 15.0. The molecule has 1 aromatic carbocycles. The molecule has 0 saturated heterocycles. The molecule has 3 N–H and O–H groups in total. The van der Waals surface area contributed by atoms with E-state index in [1.165, 1.54) is 4.90 Å². The highest BCUT2D eigenvalue weighted by Gasteiger charge is 2.38. The number of carboxylic acid groups (broad SMARTS) is 1. The average molecular weight is 290 g/mol. The van der Waals surface area contributed by atoms with Crippen molar-refractivity contribution in [2.45, 2.75) is 38.8 Å². The molecule has 0 aromatic heterocycles. The first-order chi connectivity index (χ1) is 9.82. The van der Waals surface area contributed by atoms with Crippen molar-refractivity contribution in [3.05, 3.63) is 34.9 Å². The van der Waals surface area contributed by atoms with E-state index in [0.29, 0.717) is 5.56 Å². The second-order valence-electron chi connectivity index (χ2n) is 5.49. The number of carbonyl (C=O) groups excluding carboxylic acids is 2. The summed E-state index contributed by atoms with van der Waals surface area (Å²) in [5.74, 6) is -2.09. The van der Waals surface area contributed by atoms with Crippen molar-refractivity contribution >= 4 is 17.8 Å². The van der Waals surface area contributed by atoms with Gasteiger partial charge in [-0.3, -0.25) is 9.59 Å². The minimum atomic E-state index is -1.22. The van der Waals surface area contributed by atoms with Gasteiger partial charge in [-0.25, -0.2) is 4.79 Å². The SMILES string of the molecule is CC(C)c1cccc2c1CN(C(CC(N)=O)C(=O)O)C2=O. The third kappa shape index (κ3) is 2.74. The lowest BCUT2D eigenvalue weighted by Crippen LogP contribution is -2.43. The largest absolute Gasteiger partial charge is 0.480 e. The molecule has 0 bridgehead atoms. The molecule has 0 spiro atoms. The second kappa shape index (κ2) is 5.55. The van der Waals surface area contributed by atoms with E-state index in [2.05, 4.69) is 0 Å². The second-order valence-corrected chi connectivity index (χ2v) is 5.49. The first-order valence-corrected chi connectivity index (χ1v) is 6.76. The van der Waals surface area contributed by atoms with Gasteiger partial charge in [-0.15, -0.1) is 0 Å². The predicted molar refractivity (Wildman–Crippen MR) is 75.6 cm³/mol. The van der Waals surface area contributed by atoms with Crippen LogP contribution in [0.4, 0.5) is 0 Å². The molecular formula is C15H18N2O4. The number of rotatable bonds is 5. The van der Waals surface area contributed by atoms with Crippen molar-refractivity contribution in [1.29, 1.82) is 0 Å². The molecular weight excluding hydrogens is 272 g/mol. The number of benzene rings is 1. The minimum absolute atomic E-state index is 0.201. The maximum atomic E-state index is 12.4. The molecule has 21 heavy (non-hydrogen) atoms. The quantitative estimate of drug-likeness (QED) is 0.847. The Morgan fingerprint density at radius 1 is 1.38 bits per heavy atom. The van der Waals surface area contributed by atoms with Crippen LogP contribution in [0.3, 0.4) is 0 Å². The molecule has 0 fully saturated rings. The number of nitrogens with zero attached hydrogens (tertiary/aromatic N) is 1. The van der Waals surface area contributed by atoms with Gasteiger partial charge in [0.05, 0.1) is 6.42 Å². The lowest BCUT2D eigenvalue weighted by molar-refractivity contribution is -0.144. The fourth-order valence-corrected chi connectivity index (χ4v) is 2.69. The molecule has 0 radical (unpaired) electrons. The van der Waals surface area contributed by atoms with Crippen LogP contribution in [-0.4, -0.2) is 33.8 Å². The molecule has 2 rings (SSSR count). The van der Waals surface area contributed by atoms with Crippen LogP contribution in [0.25, 0.3) is 0 Å². The van der Waals surface area contributed by atoms with E-state index >= 15 is 0 Å². The molecule has 1 aliphatic rings. The minimum Gasteiger partial charge on any atom is -0.480 e. The number of hydrogen-bond acceptors (Lipinski definition) is 3. The number of nitrogens with two attached hydrogens (primary N) is 1. The monoisotopic (exact) mass is 290 g/mol. The van der Waals surface area contributed by atoms with Crippen molar-refractivity contribution < 1.29 is 19.5 Å². The van der Waals surface area contributed by atoms with E-state index in [4.69, 9.17) is 5.73 Å². The number of hydrogen-bond donors (Lipinski definition) is 2. The van der Waals surface area contributed by atoms with Gasteiger partial charge in [0.25, 0.3) is 5.91 Å². The zero-order valence-corrected chi connectivity index (χ0v) is 12.0. The van der Waals surface area contributed by atoms with Crippen LogP contribution < -0.4 is 5.73 Å². The summed E-state index contributed by atoms with van der Waals surface area (Å²) < 4.78 is 0. The van der Waals surface area contributed by atoms with E-state index in [0.717, 1.165) is 11.1 Å². The van der Waals surface area contributed by atoms with Gasteiger partial charge in [-0.05, 0) is 23.1 Å². The summed E-state index contributed by atoms with van der Waals surface area (Å²) in [6.45, 7) is 4.23. The van der Waals surface area contributed by atoms with E-state index in [1.54, 1.807) is 12.1 Å². The normalized spacial score (nSPS) is 15.2. The van der Waals surface area contributed by atoms with Gasteiger partial charge < -0.3 is 15.7 Å². The van der Waals surface area contributed by atoms with Crippen molar-refractivity contribution in [2.75, 3.05) is 0 Å². The number of carboxylic acids is 1. The molecule has 2 amide bonds. The Hall–Kier alpha value is -2.37. The Balaban J connectivity index is 2.39. The number of carbonyl (C=O) groups is 3. The first-order valence-electron chi connectivity index (χ1n) is 6.76. The molecule has 6 nitrogen and oxygen atoms in total. The van der Waals surface area contributed by atoms with Crippen LogP contribution in [0.15, 0.2) is 18.2 Å². The zero-order chi connectivity index (χ0) is 15.7. The van der Waals surface area contributed by atoms with Crippen LogP contribution in [0, 0.1) is 0 Å². The Labute approximate surface area is 122 Å². The highest BCUT2D eigenvalue weighted by atomic mass is 16.4. The Kier molecular flexibility index (Phi) is 3.97. The molecule has 0 aliphatic carbocycles. The molecule has 1 atom stereocenters. The maximum Gasteiger partial charge on any atom is 0.326 e. The summed E-state index contributed by atoms with van der Waals surface area (Å²) in [5, 5.41) is 9.26. The van der Waals surface area contributed by atoms with Crippen LogP contribution >= 0.6 is 0 Å². The molecule has 112 valence electrons. The van der Waals surface area contributed by atoms with E-state index in [9.17, 15) is 19.5 Å². The number of aliphatic carboxylic acids is 1. The molecule has 1 aromatic rings. The highest BCUT2D eigenvalue weighted by molar-refractivity contribution is 6.01. The molecule has 0 saturated carbocycles. The number of primary amides is 1. The summed E-state index contributed by atoms with van der Waals surface area (Å²) in [6.07, 6.45) is -0.383. The third-order valence-electron chi connectivity index (χ3n) is 3.71. The van der Waals surface area contributed by atoms with Crippen LogP contribution in [-0.2, 0) is 16.1 Å². The van der Waals surface area contributed by atoms with Crippen molar-refractivity contribution in [2.24, 2.45) is 5.73 Å². The standard InChI is InChI=1S/C15H18N2O4/c1-8(2)9-4-3-5-10-11(9)7-17(14(10)19)12(15(20)21)6-13(16)18/h3-5,8,12H,6-7H2,1-2H3,(H2,16,18)(H,20,21). The molecule has 1 aliphatic heterocycles. The molecule has 1 unspecified atom stereocenters. The smallest absolute Gasteiger partial charge is 0.326 e. The summed E-state index contributed by atoms with van der Waals surface area (Å²) >= 11 is 0. The van der Waals surface area contributed by atoms with Crippen molar-refractivity contribution in [1.82, 2.24) is 4.90 Å².